The third-order valence-electron chi connectivity index (χ3n) is 5.80. The van der Waals surface area contributed by atoms with Gasteiger partial charge in [-0.1, -0.05) is 11.6 Å². The second kappa shape index (κ2) is 8.82. The number of benzene rings is 1. The number of sulfonamides is 1. The third kappa shape index (κ3) is 4.80. The van der Waals surface area contributed by atoms with Crippen molar-refractivity contribution in [3.63, 3.8) is 0 Å². The van der Waals surface area contributed by atoms with Crippen molar-refractivity contribution in [1.82, 2.24) is 14.5 Å². The predicted molar refractivity (Wildman–Crippen MR) is 111 cm³/mol. The van der Waals surface area contributed by atoms with Crippen molar-refractivity contribution in [2.75, 3.05) is 39.3 Å². The number of nitrogens with one attached hydrogen (secondary N) is 1. The lowest BCUT2D eigenvalue weighted by atomic mass is 10.1. The lowest BCUT2D eigenvalue weighted by Crippen LogP contribution is -2.51. The van der Waals surface area contributed by atoms with Gasteiger partial charge in [0.05, 0.1) is 11.1 Å². The monoisotopic (exact) mass is 455 g/mol. The molecule has 4 rings (SSSR count). The first-order valence-corrected chi connectivity index (χ1v) is 12.2. The van der Waals surface area contributed by atoms with Crippen LogP contribution in [0.5, 0.6) is 0 Å². The Morgan fingerprint density at radius 2 is 1.80 bits per heavy atom. The maximum Gasteiger partial charge on any atom is 0.254 e. The minimum atomic E-state index is -3.87. The summed E-state index contributed by atoms with van der Waals surface area (Å²) in [4.78, 5) is 28.5. The van der Waals surface area contributed by atoms with Crippen LogP contribution in [0.4, 0.5) is 0 Å². The summed E-state index contributed by atoms with van der Waals surface area (Å²) in [5, 5.41) is 0.0613. The van der Waals surface area contributed by atoms with E-state index in [1.165, 1.54) is 18.2 Å². The molecule has 3 fully saturated rings. The van der Waals surface area contributed by atoms with Crippen LogP contribution >= 0.6 is 11.6 Å². The molecule has 3 aliphatic rings. The van der Waals surface area contributed by atoms with E-state index < -0.39 is 10.0 Å². The average Bonchev–Trinajstić information content (AvgIpc) is 3.47. The van der Waals surface area contributed by atoms with Gasteiger partial charge >= 0.3 is 0 Å². The zero-order valence-electron chi connectivity index (χ0n) is 16.7. The largest absolute Gasteiger partial charge is 0.377 e. The highest BCUT2D eigenvalue weighted by Crippen LogP contribution is 2.31. The topological polar surface area (TPSA) is 96.0 Å². The van der Waals surface area contributed by atoms with Gasteiger partial charge in [0.25, 0.3) is 5.91 Å². The van der Waals surface area contributed by atoms with Crippen molar-refractivity contribution in [3.05, 3.63) is 28.8 Å². The van der Waals surface area contributed by atoms with Gasteiger partial charge in [-0.25, -0.2) is 13.1 Å². The first-order chi connectivity index (χ1) is 14.3. The van der Waals surface area contributed by atoms with Gasteiger partial charge < -0.3 is 14.5 Å². The fraction of sp³-hybridized carbons (Fsp3) is 0.600. The molecule has 1 atom stereocenters. The molecular formula is C20H26ClN3O5S. The van der Waals surface area contributed by atoms with Crippen molar-refractivity contribution < 1.29 is 22.7 Å². The fourth-order valence-electron chi connectivity index (χ4n) is 3.83. The number of hydrogen-bond acceptors (Lipinski definition) is 5. The molecule has 1 N–H and O–H groups in total. The Bertz CT molecular complexity index is 920. The van der Waals surface area contributed by atoms with E-state index in [4.69, 9.17) is 16.3 Å². The zero-order chi connectivity index (χ0) is 21.3. The second-order valence-electron chi connectivity index (χ2n) is 8.02. The Labute approximate surface area is 181 Å². The first kappa shape index (κ1) is 21.5. The number of carbonyl (C=O) groups excluding carboxylic acids is 2. The normalized spacial score (nSPS) is 22.4. The van der Waals surface area contributed by atoms with Crippen LogP contribution in [-0.4, -0.2) is 75.5 Å². The number of nitrogens with zero attached hydrogens (tertiary/aromatic N) is 2. The van der Waals surface area contributed by atoms with Crippen LogP contribution in [-0.2, 0) is 19.6 Å². The molecule has 10 heteroatoms. The van der Waals surface area contributed by atoms with E-state index in [-0.39, 0.29) is 45.9 Å². The summed E-state index contributed by atoms with van der Waals surface area (Å²) >= 11 is 6.14. The van der Waals surface area contributed by atoms with E-state index >= 15 is 0 Å². The van der Waals surface area contributed by atoms with Crippen LogP contribution < -0.4 is 4.72 Å². The molecule has 1 saturated carbocycles. The lowest BCUT2D eigenvalue weighted by Gasteiger charge is -2.35. The number of ether oxygens (including phenoxy) is 1. The predicted octanol–water partition coefficient (Wildman–Crippen LogP) is 1.49. The van der Waals surface area contributed by atoms with Crippen LogP contribution in [0.25, 0.3) is 0 Å². The summed E-state index contributed by atoms with van der Waals surface area (Å²) in [7, 11) is -3.87. The maximum atomic E-state index is 12.9. The molecule has 0 spiro atoms. The van der Waals surface area contributed by atoms with Gasteiger partial charge in [0, 0.05) is 50.8 Å². The number of carbonyl (C=O) groups is 2. The van der Waals surface area contributed by atoms with Crippen molar-refractivity contribution in [2.45, 2.75) is 36.7 Å². The number of halogens is 1. The SMILES string of the molecule is O=C(c1ccc(Cl)c(S(=O)(=O)NCC2CCCO2)c1)N1CCN(C(=O)C2CC2)CC1. The van der Waals surface area contributed by atoms with Gasteiger partial charge in [-0.05, 0) is 43.9 Å². The van der Waals surface area contributed by atoms with Crippen LogP contribution in [0.2, 0.25) is 5.02 Å². The van der Waals surface area contributed by atoms with Gasteiger partial charge in [0.15, 0.2) is 0 Å². The Kier molecular flexibility index (Phi) is 6.34. The molecule has 164 valence electrons. The molecule has 1 aromatic rings. The third-order valence-corrected chi connectivity index (χ3v) is 7.70. The minimum absolute atomic E-state index is 0.0613. The Morgan fingerprint density at radius 1 is 1.10 bits per heavy atom. The van der Waals surface area contributed by atoms with Gasteiger partial charge in [0.2, 0.25) is 15.9 Å². The van der Waals surface area contributed by atoms with Crippen molar-refractivity contribution >= 4 is 33.4 Å². The summed E-state index contributed by atoms with van der Waals surface area (Å²) in [6, 6.07) is 4.29. The molecular weight excluding hydrogens is 430 g/mol. The Morgan fingerprint density at radius 3 is 2.43 bits per heavy atom. The molecule has 30 heavy (non-hydrogen) atoms. The maximum absolute atomic E-state index is 12.9. The quantitative estimate of drug-likeness (QED) is 0.701. The van der Waals surface area contributed by atoms with Gasteiger partial charge in [-0.2, -0.15) is 0 Å². The highest BCUT2D eigenvalue weighted by molar-refractivity contribution is 7.89. The zero-order valence-corrected chi connectivity index (χ0v) is 18.3. The summed E-state index contributed by atoms with van der Waals surface area (Å²) < 4.78 is 33.4. The highest BCUT2D eigenvalue weighted by Gasteiger charge is 2.35. The number of hydrogen-bond donors (Lipinski definition) is 1. The number of amides is 2. The number of piperazine rings is 1. The molecule has 8 nitrogen and oxygen atoms in total. The van der Waals surface area contributed by atoms with Crippen molar-refractivity contribution in [3.8, 4) is 0 Å². The van der Waals surface area contributed by atoms with E-state index in [9.17, 15) is 18.0 Å². The van der Waals surface area contributed by atoms with E-state index in [1.807, 2.05) is 4.90 Å². The molecule has 2 heterocycles. The van der Waals surface area contributed by atoms with Crippen LogP contribution in [0.3, 0.4) is 0 Å². The summed E-state index contributed by atoms with van der Waals surface area (Å²) in [6.07, 6.45) is 3.50. The molecule has 1 unspecified atom stereocenters. The Hall–Kier alpha value is -1.68. The average molecular weight is 456 g/mol. The molecule has 2 saturated heterocycles. The Balaban J connectivity index is 1.41. The molecule has 0 radical (unpaired) electrons. The van der Waals surface area contributed by atoms with Crippen molar-refractivity contribution in [2.24, 2.45) is 5.92 Å². The molecule has 2 aliphatic heterocycles. The molecule has 0 bridgehead atoms. The van der Waals surface area contributed by atoms with Crippen LogP contribution in [0.15, 0.2) is 23.1 Å². The fourth-order valence-corrected chi connectivity index (χ4v) is 5.42. The first-order valence-electron chi connectivity index (χ1n) is 10.3. The summed E-state index contributed by atoms with van der Waals surface area (Å²) in [6.45, 7) is 2.68. The second-order valence-corrected chi connectivity index (χ2v) is 10.2. The molecule has 0 aromatic heterocycles. The highest BCUT2D eigenvalue weighted by atomic mass is 35.5. The van der Waals surface area contributed by atoms with Gasteiger partial charge in [-0.15, -0.1) is 0 Å². The van der Waals surface area contributed by atoms with Crippen molar-refractivity contribution in [1.29, 1.82) is 0 Å². The standard InChI is InChI=1S/C20H26ClN3O5S/c21-17-6-5-15(12-18(17)30(27,28)22-13-16-2-1-11-29-16)20(26)24-9-7-23(8-10-24)19(25)14-3-4-14/h5-6,12,14,16,22H,1-4,7-11,13H2. The van der Waals surface area contributed by atoms with Gasteiger partial charge in [0.1, 0.15) is 4.90 Å². The van der Waals surface area contributed by atoms with E-state index in [2.05, 4.69) is 4.72 Å². The van der Waals surface area contributed by atoms with E-state index in [1.54, 1.807) is 4.90 Å². The minimum Gasteiger partial charge on any atom is -0.377 e. The smallest absolute Gasteiger partial charge is 0.254 e. The summed E-state index contributed by atoms with van der Waals surface area (Å²) in [5.41, 5.74) is 0.263. The number of rotatable bonds is 6. The summed E-state index contributed by atoms with van der Waals surface area (Å²) in [5.74, 6) is 0.0819. The van der Waals surface area contributed by atoms with Crippen LogP contribution in [0, 0.1) is 5.92 Å². The van der Waals surface area contributed by atoms with Crippen LogP contribution in [0.1, 0.15) is 36.0 Å². The van der Waals surface area contributed by atoms with E-state index in [0.29, 0.717) is 32.8 Å². The molecule has 2 amide bonds. The van der Waals surface area contributed by atoms with Gasteiger partial charge in [-0.3, -0.25) is 9.59 Å². The van der Waals surface area contributed by atoms with E-state index in [0.717, 1.165) is 25.7 Å². The molecule has 1 aliphatic carbocycles. The molecule has 1 aromatic carbocycles. The lowest BCUT2D eigenvalue weighted by molar-refractivity contribution is -0.134.